The molecule has 2 aromatic carbocycles. The Kier molecular flexibility index (Phi) is 4.91. The fourth-order valence-electron chi connectivity index (χ4n) is 1.86. The van der Waals surface area contributed by atoms with E-state index in [9.17, 15) is 0 Å². The first-order chi connectivity index (χ1) is 11.1. The van der Waals surface area contributed by atoms with Crippen molar-refractivity contribution in [1.29, 1.82) is 0 Å². The first-order valence-electron chi connectivity index (χ1n) is 6.69. The van der Waals surface area contributed by atoms with Crippen molar-refractivity contribution < 1.29 is 0 Å². The zero-order chi connectivity index (χ0) is 16.2. The van der Waals surface area contributed by atoms with Crippen LogP contribution in [0.2, 0.25) is 10.0 Å². The van der Waals surface area contributed by atoms with Crippen molar-refractivity contribution in [1.82, 2.24) is 9.97 Å². The summed E-state index contributed by atoms with van der Waals surface area (Å²) in [5.41, 5.74) is 7.38. The number of aromatic nitrogens is 2. The smallest absolute Gasteiger partial charge is 0.158 e. The summed E-state index contributed by atoms with van der Waals surface area (Å²) in [6.45, 7) is 0. The maximum atomic E-state index is 6.18. The second-order valence-electron chi connectivity index (χ2n) is 4.60. The predicted octanol–water partition coefficient (Wildman–Crippen LogP) is 5.26. The highest BCUT2D eigenvalue weighted by Crippen LogP contribution is 2.35. The summed E-state index contributed by atoms with van der Waals surface area (Å²) in [4.78, 5) is 9.42. The molecular weight excluding hydrogens is 351 g/mol. The summed E-state index contributed by atoms with van der Waals surface area (Å²) in [5, 5.41) is 5.08. The quantitative estimate of drug-likeness (QED) is 0.619. The van der Waals surface area contributed by atoms with E-state index >= 15 is 0 Å². The first-order valence-corrected chi connectivity index (χ1v) is 8.26. The van der Waals surface area contributed by atoms with E-state index in [0.29, 0.717) is 26.6 Å². The summed E-state index contributed by atoms with van der Waals surface area (Å²) in [6.07, 6.45) is 1.47. The zero-order valence-electron chi connectivity index (χ0n) is 11.8. The molecule has 1 heterocycles. The number of nitrogens with two attached hydrogens (primary N) is 1. The first kappa shape index (κ1) is 15.9. The van der Waals surface area contributed by atoms with Crippen LogP contribution in [0.1, 0.15) is 0 Å². The summed E-state index contributed by atoms with van der Waals surface area (Å²) in [7, 11) is 0. The van der Waals surface area contributed by atoms with E-state index in [4.69, 9.17) is 28.9 Å². The van der Waals surface area contributed by atoms with Crippen LogP contribution in [0.15, 0.2) is 64.8 Å². The van der Waals surface area contributed by atoms with Crippen LogP contribution in [0.3, 0.4) is 0 Å². The van der Waals surface area contributed by atoms with Gasteiger partial charge in [0.05, 0.1) is 10.7 Å². The number of nitrogen functional groups attached to an aromatic ring is 1. The molecule has 0 aliphatic rings. The van der Waals surface area contributed by atoms with Gasteiger partial charge >= 0.3 is 0 Å². The van der Waals surface area contributed by atoms with Crippen LogP contribution in [0.5, 0.6) is 0 Å². The Morgan fingerprint density at radius 3 is 2.43 bits per heavy atom. The number of hydrogen-bond acceptors (Lipinski definition) is 5. The van der Waals surface area contributed by atoms with Crippen LogP contribution >= 0.6 is 35.0 Å². The van der Waals surface area contributed by atoms with Crippen molar-refractivity contribution >= 4 is 52.2 Å². The van der Waals surface area contributed by atoms with Gasteiger partial charge in [-0.2, -0.15) is 0 Å². The van der Waals surface area contributed by atoms with Crippen molar-refractivity contribution in [3.05, 3.63) is 64.9 Å². The molecule has 0 amide bonds. The molecule has 0 aliphatic heterocycles. The van der Waals surface area contributed by atoms with Crippen molar-refractivity contribution in [2.75, 3.05) is 11.1 Å². The lowest BCUT2D eigenvalue weighted by Crippen LogP contribution is -2.02. The number of para-hydroxylation sites is 1. The highest BCUT2D eigenvalue weighted by Gasteiger charge is 2.11. The molecule has 116 valence electrons. The molecule has 0 saturated heterocycles. The Morgan fingerprint density at radius 1 is 0.957 bits per heavy atom. The molecule has 0 spiro atoms. The van der Waals surface area contributed by atoms with Gasteiger partial charge in [-0.15, -0.1) is 0 Å². The lowest BCUT2D eigenvalue weighted by molar-refractivity contribution is 1.06. The van der Waals surface area contributed by atoms with E-state index in [0.717, 1.165) is 10.6 Å². The van der Waals surface area contributed by atoms with Crippen LogP contribution in [-0.4, -0.2) is 9.97 Å². The average Bonchev–Trinajstić information content (AvgIpc) is 2.55. The van der Waals surface area contributed by atoms with E-state index in [1.54, 1.807) is 6.07 Å². The van der Waals surface area contributed by atoms with Crippen LogP contribution in [0.25, 0.3) is 0 Å². The molecule has 7 heteroatoms. The minimum absolute atomic E-state index is 0.465. The Labute approximate surface area is 148 Å². The van der Waals surface area contributed by atoms with E-state index in [-0.39, 0.29) is 0 Å². The second kappa shape index (κ2) is 7.08. The van der Waals surface area contributed by atoms with Gasteiger partial charge in [0.1, 0.15) is 17.0 Å². The third-order valence-corrected chi connectivity index (χ3v) is 4.61. The normalized spacial score (nSPS) is 10.5. The molecule has 0 radical (unpaired) electrons. The van der Waals surface area contributed by atoms with Crippen LogP contribution < -0.4 is 11.1 Å². The van der Waals surface area contributed by atoms with Gasteiger partial charge < -0.3 is 11.1 Å². The molecule has 0 fully saturated rings. The monoisotopic (exact) mass is 362 g/mol. The molecule has 0 atom stereocenters. The molecule has 0 saturated carbocycles. The Bertz CT molecular complexity index is 825. The molecule has 0 unspecified atom stereocenters. The van der Waals surface area contributed by atoms with E-state index in [2.05, 4.69) is 15.3 Å². The summed E-state index contributed by atoms with van der Waals surface area (Å²) in [5.74, 6) is 0.518. The molecule has 23 heavy (non-hydrogen) atoms. The fraction of sp³-hybridized carbons (Fsp3) is 0. The number of halogens is 2. The SMILES string of the molecule is Nc1c(Nc2ccccc2Cl)ncnc1Sc1ccc(Cl)cc1. The molecule has 0 aliphatic carbocycles. The van der Waals surface area contributed by atoms with E-state index < -0.39 is 0 Å². The van der Waals surface area contributed by atoms with Gasteiger partial charge in [-0.25, -0.2) is 9.97 Å². The number of rotatable bonds is 4. The standard InChI is InChI=1S/C16H12Cl2N4S/c17-10-5-7-11(8-6-10)23-16-14(19)15(20-9-21-16)22-13-4-2-1-3-12(13)18/h1-9H,19H2,(H,20,21,22). The molecule has 3 N–H and O–H groups in total. The van der Waals surface area contributed by atoms with Crippen molar-refractivity contribution in [2.24, 2.45) is 0 Å². The maximum Gasteiger partial charge on any atom is 0.158 e. The van der Waals surface area contributed by atoms with Crippen LogP contribution in [0, 0.1) is 0 Å². The summed E-state index contributed by atoms with van der Waals surface area (Å²) >= 11 is 13.5. The highest BCUT2D eigenvalue weighted by molar-refractivity contribution is 7.99. The van der Waals surface area contributed by atoms with Gasteiger partial charge in [0.15, 0.2) is 5.82 Å². The van der Waals surface area contributed by atoms with Gasteiger partial charge in [-0.1, -0.05) is 47.1 Å². The minimum Gasteiger partial charge on any atom is -0.394 e. The Hall–Kier alpha value is -1.95. The van der Waals surface area contributed by atoms with Crippen LogP contribution in [-0.2, 0) is 0 Å². The predicted molar refractivity (Wildman–Crippen MR) is 96.8 cm³/mol. The highest BCUT2D eigenvalue weighted by atomic mass is 35.5. The third kappa shape index (κ3) is 3.88. The van der Waals surface area contributed by atoms with Crippen LogP contribution in [0.4, 0.5) is 17.2 Å². The van der Waals surface area contributed by atoms with Gasteiger partial charge in [0.2, 0.25) is 0 Å². The van der Waals surface area contributed by atoms with Crippen molar-refractivity contribution in [2.45, 2.75) is 9.92 Å². The number of nitrogens with zero attached hydrogens (tertiary/aromatic N) is 2. The van der Waals surface area contributed by atoms with Gasteiger partial charge in [0.25, 0.3) is 0 Å². The van der Waals surface area contributed by atoms with Crippen molar-refractivity contribution in [3.8, 4) is 0 Å². The average molecular weight is 363 g/mol. The van der Waals surface area contributed by atoms with Crippen molar-refractivity contribution in [3.63, 3.8) is 0 Å². The molecule has 0 bridgehead atoms. The fourth-order valence-corrected chi connectivity index (χ4v) is 2.98. The zero-order valence-corrected chi connectivity index (χ0v) is 14.2. The Balaban J connectivity index is 1.86. The lowest BCUT2D eigenvalue weighted by Gasteiger charge is -2.11. The molecule has 3 aromatic rings. The molecular formula is C16H12Cl2N4S. The molecule has 4 nitrogen and oxygen atoms in total. The van der Waals surface area contributed by atoms with Gasteiger partial charge in [0, 0.05) is 9.92 Å². The lowest BCUT2D eigenvalue weighted by atomic mass is 10.3. The topological polar surface area (TPSA) is 63.8 Å². The van der Waals surface area contributed by atoms with E-state index in [1.165, 1.54) is 18.1 Å². The van der Waals surface area contributed by atoms with Gasteiger partial charge in [-0.3, -0.25) is 0 Å². The number of benzene rings is 2. The minimum atomic E-state index is 0.465. The maximum absolute atomic E-state index is 6.18. The largest absolute Gasteiger partial charge is 0.394 e. The summed E-state index contributed by atoms with van der Waals surface area (Å²) < 4.78 is 0. The molecule has 3 rings (SSSR count). The molecule has 1 aromatic heterocycles. The Morgan fingerprint density at radius 2 is 1.70 bits per heavy atom. The van der Waals surface area contributed by atoms with E-state index in [1.807, 2.05) is 42.5 Å². The summed E-state index contributed by atoms with van der Waals surface area (Å²) in [6, 6.07) is 14.9. The number of anilines is 3. The number of nitrogens with one attached hydrogen (secondary N) is 1. The third-order valence-electron chi connectivity index (χ3n) is 3.00. The second-order valence-corrected chi connectivity index (χ2v) is 6.51. The number of hydrogen-bond donors (Lipinski definition) is 2. The van der Waals surface area contributed by atoms with Gasteiger partial charge in [-0.05, 0) is 36.4 Å².